The Hall–Kier alpha value is -0.500. The maximum atomic E-state index is 5.56. The van der Waals surface area contributed by atoms with Gasteiger partial charge < -0.3 is 10.6 Å². The molecule has 1 aliphatic rings. The molecule has 0 aromatic heterocycles. The van der Waals surface area contributed by atoms with Crippen molar-refractivity contribution in [1.29, 1.82) is 0 Å². The van der Waals surface area contributed by atoms with Gasteiger partial charge in [0.1, 0.15) is 0 Å². The van der Waals surface area contributed by atoms with E-state index in [1.54, 1.807) is 0 Å². The summed E-state index contributed by atoms with van der Waals surface area (Å²) in [6.45, 7) is 6.17. The normalized spacial score (nSPS) is 26.8. The van der Waals surface area contributed by atoms with Crippen LogP contribution in [-0.2, 0) is 0 Å². The van der Waals surface area contributed by atoms with E-state index in [1.165, 1.54) is 25.9 Å². The number of allylic oxidation sites excluding steroid dienone is 1. The van der Waals surface area contributed by atoms with Crippen molar-refractivity contribution >= 4 is 0 Å². The summed E-state index contributed by atoms with van der Waals surface area (Å²) < 4.78 is 0. The number of hydrogen-bond acceptors (Lipinski definition) is 2. The SMILES string of the molecule is C=C(N)CC1CCCN(C)C1. The Morgan fingerprint density at radius 1 is 1.73 bits per heavy atom. The van der Waals surface area contributed by atoms with E-state index >= 15 is 0 Å². The Balaban J connectivity index is 2.28. The summed E-state index contributed by atoms with van der Waals surface area (Å²) in [5.74, 6) is 0.756. The van der Waals surface area contributed by atoms with Crippen molar-refractivity contribution in [2.45, 2.75) is 19.3 Å². The average Bonchev–Trinajstić information content (AvgIpc) is 1.85. The topological polar surface area (TPSA) is 29.3 Å². The number of nitrogens with two attached hydrogens (primary N) is 1. The summed E-state index contributed by atoms with van der Waals surface area (Å²) in [6, 6.07) is 0. The first-order chi connectivity index (χ1) is 5.18. The number of likely N-dealkylation sites (tertiary alicyclic amines) is 1. The van der Waals surface area contributed by atoms with E-state index in [4.69, 9.17) is 5.73 Å². The van der Waals surface area contributed by atoms with Crippen LogP contribution >= 0.6 is 0 Å². The van der Waals surface area contributed by atoms with Crippen LogP contribution in [-0.4, -0.2) is 25.0 Å². The van der Waals surface area contributed by atoms with E-state index in [1.807, 2.05) is 0 Å². The standard InChI is InChI=1S/C9H18N2/c1-8(10)6-9-4-3-5-11(2)7-9/h9H,1,3-7,10H2,2H3. The van der Waals surface area contributed by atoms with Crippen molar-refractivity contribution < 1.29 is 0 Å². The van der Waals surface area contributed by atoms with Crippen molar-refractivity contribution in [2.24, 2.45) is 11.7 Å². The zero-order valence-electron chi connectivity index (χ0n) is 7.34. The van der Waals surface area contributed by atoms with Gasteiger partial charge in [0.15, 0.2) is 0 Å². The number of hydrogen-bond donors (Lipinski definition) is 1. The number of nitrogens with zero attached hydrogens (tertiary/aromatic N) is 1. The summed E-state index contributed by atoms with van der Waals surface area (Å²) >= 11 is 0. The first-order valence-electron chi connectivity index (χ1n) is 4.30. The van der Waals surface area contributed by atoms with Crippen LogP contribution < -0.4 is 5.73 Å². The third-order valence-electron chi connectivity index (χ3n) is 2.27. The molecule has 0 saturated carbocycles. The second kappa shape index (κ2) is 3.77. The quantitative estimate of drug-likeness (QED) is 0.647. The van der Waals surface area contributed by atoms with Gasteiger partial charge in [0, 0.05) is 12.2 Å². The molecule has 1 heterocycles. The minimum atomic E-state index is 0.756. The third kappa shape index (κ3) is 2.93. The molecule has 2 N–H and O–H groups in total. The first kappa shape index (κ1) is 8.60. The van der Waals surface area contributed by atoms with E-state index in [9.17, 15) is 0 Å². The molecule has 1 fully saturated rings. The van der Waals surface area contributed by atoms with Crippen molar-refractivity contribution in [3.8, 4) is 0 Å². The molecule has 0 aromatic carbocycles. The van der Waals surface area contributed by atoms with Crippen LogP contribution in [0.25, 0.3) is 0 Å². The van der Waals surface area contributed by atoms with Gasteiger partial charge in [-0.05, 0) is 38.8 Å². The van der Waals surface area contributed by atoms with Gasteiger partial charge in [-0.25, -0.2) is 0 Å². The molecule has 11 heavy (non-hydrogen) atoms. The fraction of sp³-hybridized carbons (Fsp3) is 0.778. The predicted molar refractivity (Wildman–Crippen MR) is 48.2 cm³/mol. The molecule has 0 amide bonds. The van der Waals surface area contributed by atoms with Crippen molar-refractivity contribution in [3.63, 3.8) is 0 Å². The van der Waals surface area contributed by atoms with Crippen molar-refractivity contribution in [1.82, 2.24) is 4.90 Å². The van der Waals surface area contributed by atoms with Gasteiger partial charge in [0.25, 0.3) is 0 Å². The molecular weight excluding hydrogens is 136 g/mol. The lowest BCUT2D eigenvalue weighted by atomic mass is 9.94. The Kier molecular flexibility index (Phi) is 2.94. The number of piperidine rings is 1. The molecule has 64 valence electrons. The van der Waals surface area contributed by atoms with E-state index in [-0.39, 0.29) is 0 Å². The molecule has 1 rings (SSSR count). The molecule has 1 atom stereocenters. The second-order valence-electron chi connectivity index (χ2n) is 3.63. The highest BCUT2D eigenvalue weighted by atomic mass is 15.1. The molecular formula is C9H18N2. The van der Waals surface area contributed by atoms with Gasteiger partial charge >= 0.3 is 0 Å². The lowest BCUT2D eigenvalue weighted by Crippen LogP contribution is -2.32. The molecule has 2 nitrogen and oxygen atoms in total. The Labute approximate surface area is 69.1 Å². The van der Waals surface area contributed by atoms with Gasteiger partial charge in [-0.15, -0.1) is 0 Å². The molecule has 1 aliphatic heterocycles. The van der Waals surface area contributed by atoms with E-state index in [2.05, 4.69) is 18.5 Å². The van der Waals surface area contributed by atoms with Crippen LogP contribution in [0.3, 0.4) is 0 Å². The molecule has 1 saturated heterocycles. The predicted octanol–water partition coefficient (Wildman–Crippen LogP) is 1.19. The van der Waals surface area contributed by atoms with Crippen molar-refractivity contribution in [3.05, 3.63) is 12.3 Å². The maximum absolute atomic E-state index is 5.56. The molecule has 0 aliphatic carbocycles. The van der Waals surface area contributed by atoms with Crippen LogP contribution in [0.4, 0.5) is 0 Å². The summed E-state index contributed by atoms with van der Waals surface area (Å²) in [7, 11) is 2.17. The fourth-order valence-electron chi connectivity index (χ4n) is 1.81. The first-order valence-corrected chi connectivity index (χ1v) is 4.30. The van der Waals surface area contributed by atoms with Crippen LogP contribution in [0, 0.1) is 5.92 Å². The number of rotatable bonds is 2. The lowest BCUT2D eigenvalue weighted by molar-refractivity contribution is 0.209. The van der Waals surface area contributed by atoms with Gasteiger partial charge in [-0.2, -0.15) is 0 Å². The summed E-state index contributed by atoms with van der Waals surface area (Å²) in [5.41, 5.74) is 6.39. The highest BCUT2D eigenvalue weighted by Crippen LogP contribution is 2.19. The van der Waals surface area contributed by atoms with Crippen LogP contribution in [0.2, 0.25) is 0 Å². The molecule has 0 radical (unpaired) electrons. The average molecular weight is 154 g/mol. The van der Waals surface area contributed by atoms with Crippen molar-refractivity contribution in [2.75, 3.05) is 20.1 Å². The van der Waals surface area contributed by atoms with Crippen LogP contribution in [0.5, 0.6) is 0 Å². The Bertz CT molecular complexity index is 142. The van der Waals surface area contributed by atoms with E-state index < -0.39 is 0 Å². The van der Waals surface area contributed by atoms with Crippen LogP contribution in [0.1, 0.15) is 19.3 Å². The molecule has 0 aromatic rings. The van der Waals surface area contributed by atoms with Gasteiger partial charge in [-0.1, -0.05) is 6.58 Å². The van der Waals surface area contributed by atoms with Gasteiger partial charge in [0.2, 0.25) is 0 Å². The lowest BCUT2D eigenvalue weighted by Gasteiger charge is -2.29. The highest BCUT2D eigenvalue weighted by Gasteiger charge is 2.16. The minimum Gasteiger partial charge on any atom is -0.403 e. The molecule has 2 heteroatoms. The minimum absolute atomic E-state index is 0.756. The third-order valence-corrected chi connectivity index (χ3v) is 2.27. The van der Waals surface area contributed by atoms with Crippen LogP contribution in [0.15, 0.2) is 12.3 Å². The van der Waals surface area contributed by atoms with E-state index in [0.717, 1.165) is 18.0 Å². The summed E-state index contributed by atoms with van der Waals surface area (Å²) in [5, 5.41) is 0. The fourth-order valence-corrected chi connectivity index (χ4v) is 1.81. The second-order valence-corrected chi connectivity index (χ2v) is 3.63. The highest BCUT2D eigenvalue weighted by molar-refractivity contribution is 4.90. The zero-order valence-corrected chi connectivity index (χ0v) is 7.34. The largest absolute Gasteiger partial charge is 0.403 e. The van der Waals surface area contributed by atoms with Gasteiger partial charge in [-0.3, -0.25) is 0 Å². The summed E-state index contributed by atoms with van der Waals surface area (Å²) in [4.78, 5) is 2.37. The molecule has 1 unspecified atom stereocenters. The molecule has 0 spiro atoms. The monoisotopic (exact) mass is 154 g/mol. The molecule has 0 bridgehead atoms. The Morgan fingerprint density at radius 3 is 3.00 bits per heavy atom. The van der Waals surface area contributed by atoms with E-state index in [0.29, 0.717) is 0 Å². The van der Waals surface area contributed by atoms with Gasteiger partial charge in [0.05, 0.1) is 0 Å². The zero-order chi connectivity index (χ0) is 8.27. The maximum Gasteiger partial charge on any atom is 0.00107 e. The smallest absolute Gasteiger partial charge is 0.00107 e. The summed E-state index contributed by atoms with van der Waals surface area (Å²) in [6.07, 6.45) is 3.64. The Morgan fingerprint density at radius 2 is 2.45 bits per heavy atom.